The van der Waals surface area contributed by atoms with Crippen LogP contribution in [0.1, 0.15) is 26.7 Å². The van der Waals surface area contributed by atoms with E-state index in [4.69, 9.17) is 15.2 Å². The number of nitrogens with zero attached hydrogens (tertiary/aromatic N) is 4. The normalized spacial score (nSPS) is 16.4. The third kappa shape index (κ3) is 4.19. The maximum Gasteiger partial charge on any atom is 0.323 e. The first-order chi connectivity index (χ1) is 9.54. The Balaban J connectivity index is 2.04. The molecule has 0 saturated carbocycles. The van der Waals surface area contributed by atoms with E-state index in [-0.39, 0.29) is 18.1 Å². The first kappa shape index (κ1) is 14.8. The Morgan fingerprint density at radius 1 is 1.30 bits per heavy atom. The standard InChI is InChI=1S/C13H23N5O2/c1-9(2)20-13-16-11(14)15-12(17-13)18(3)8-10-4-6-19-7-5-10/h9-10H,4-8H2,1-3H3,(H2,14,15,16,17). The van der Waals surface area contributed by atoms with E-state index in [9.17, 15) is 0 Å². The Bertz CT molecular complexity index is 435. The molecule has 20 heavy (non-hydrogen) atoms. The van der Waals surface area contributed by atoms with Crippen LogP contribution in [0.2, 0.25) is 0 Å². The Labute approximate surface area is 119 Å². The monoisotopic (exact) mass is 281 g/mol. The van der Waals surface area contributed by atoms with Gasteiger partial charge in [0.2, 0.25) is 11.9 Å². The molecule has 1 fully saturated rings. The van der Waals surface area contributed by atoms with E-state index < -0.39 is 0 Å². The first-order valence-corrected chi connectivity index (χ1v) is 7.01. The van der Waals surface area contributed by atoms with Crippen molar-refractivity contribution in [2.45, 2.75) is 32.8 Å². The van der Waals surface area contributed by atoms with Gasteiger partial charge in [0, 0.05) is 26.8 Å². The molecule has 0 amide bonds. The molecule has 7 nitrogen and oxygen atoms in total. The van der Waals surface area contributed by atoms with Gasteiger partial charge in [-0.05, 0) is 32.6 Å². The van der Waals surface area contributed by atoms with Crippen LogP contribution in [-0.2, 0) is 4.74 Å². The van der Waals surface area contributed by atoms with Gasteiger partial charge in [-0.3, -0.25) is 0 Å². The summed E-state index contributed by atoms with van der Waals surface area (Å²) in [5.41, 5.74) is 5.72. The van der Waals surface area contributed by atoms with Crippen molar-refractivity contribution in [2.75, 3.05) is 37.4 Å². The SMILES string of the molecule is CC(C)Oc1nc(N)nc(N(C)CC2CCOCC2)n1. The Hall–Kier alpha value is -1.63. The van der Waals surface area contributed by atoms with Crippen LogP contribution >= 0.6 is 0 Å². The van der Waals surface area contributed by atoms with Crippen molar-refractivity contribution in [2.24, 2.45) is 5.92 Å². The van der Waals surface area contributed by atoms with E-state index in [1.165, 1.54) is 0 Å². The Morgan fingerprint density at radius 3 is 2.65 bits per heavy atom. The predicted octanol–water partition coefficient (Wildman–Crippen LogP) is 1.10. The lowest BCUT2D eigenvalue weighted by Gasteiger charge is -2.27. The number of rotatable bonds is 5. The Kier molecular flexibility index (Phi) is 4.94. The summed E-state index contributed by atoms with van der Waals surface area (Å²) < 4.78 is 10.9. The molecule has 0 aliphatic carbocycles. The van der Waals surface area contributed by atoms with Gasteiger partial charge < -0.3 is 20.1 Å². The summed E-state index contributed by atoms with van der Waals surface area (Å²) in [7, 11) is 1.96. The van der Waals surface area contributed by atoms with Crippen molar-refractivity contribution in [3.05, 3.63) is 0 Å². The van der Waals surface area contributed by atoms with Crippen LogP contribution in [0.3, 0.4) is 0 Å². The van der Waals surface area contributed by atoms with Gasteiger partial charge in [-0.1, -0.05) is 0 Å². The summed E-state index contributed by atoms with van der Waals surface area (Å²) in [6, 6.07) is 0.279. The number of hydrogen-bond donors (Lipinski definition) is 1. The molecule has 1 saturated heterocycles. The van der Waals surface area contributed by atoms with Gasteiger partial charge in [-0.2, -0.15) is 15.0 Å². The average molecular weight is 281 g/mol. The maximum absolute atomic E-state index is 5.72. The number of hydrogen-bond acceptors (Lipinski definition) is 7. The van der Waals surface area contributed by atoms with Gasteiger partial charge in [-0.25, -0.2) is 0 Å². The summed E-state index contributed by atoms with van der Waals surface area (Å²) in [5, 5.41) is 0. The van der Waals surface area contributed by atoms with Crippen molar-refractivity contribution < 1.29 is 9.47 Å². The number of nitrogen functional groups attached to an aromatic ring is 1. The third-order valence-corrected chi connectivity index (χ3v) is 3.18. The largest absolute Gasteiger partial charge is 0.461 e. The molecule has 0 aromatic carbocycles. The second-order valence-electron chi connectivity index (χ2n) is 5.38. The molecule has 2 rings (SSSR count). The highest BCUT2D eigenvalue weighted by molar-refractivity contribution is 5.35. The highest BCUT2D eigenvalue weighted by atomic mass is 16.5. The molecule has 0 atom stereocenters. The first-order valence-electron chi connectivity index (χ1n) is 7.01. The highest BCUT2D eigenvalue weighted by Crippen LogP contribution is 2.19. The summed E-state index contributed by atoms with van der Waals surface area (Å²) >= 11 is 0. The third-order valence-electron chi connectivity index (χ3n) is 3.18. The molecule has 0 unspecified atom stereocenters. The van der Waals surface area contributed by atoms with Gasteiger partial charge in [0.1, 0.15) is 0 Å². The highest BCUT2D eigenvalue weighted by Gasteiger charge is 2.18. The van der Waals surface area contributed by atoms with Crippen molar-refractivity contribution >= 4 is 11.9 Å². The molecule has 1 aliphatic rings. The molecule has 0 radical (unpaired) electrons. The summed E-state index contributed by atoms with van der Waals surface area (Å²) in [6.07, 6.45) is 2.14. The smallest absolute Gasteiger partial charge is 0.323 e. The van der Waals surface area contributed by atoms with Gasteiger partial charge in [0.05, 0.1) is 6.10 Å². The fraction of sp³-hybridized carbons (Fsp3) is 0.769. The summed E-state index contributed by atoms with van der Waals surface area (Å²) in [5.74, 6) is 1.34. The molecule has 1 aliphatic heterocycles. The van der Waals surface area contributed by atoms with Crippen molar-refractivity contribution in [3.63, 3.8) is 0 Å². The lowest BCUT2D eigenvalue weighted by molar-refractivity contribution is 0.0684. The number of nitrogens with two attached hydrogens (primary N) is 1. The maximum atomic E-state index is 5.72. The summed E-state index contributed by atoms with van der Waals surface area (Å²) in [6.45, 7) is 6.39. The van der Waals surface area contributed by atoms with E-state index in [0.717, 1.165) is 32.6 Å². The molecule has 1 aromatic heterocycles. The zero-order chi connectivity index (χ0) is 14.5. The lowest BCUT2D eigenvalue weighted by atomic mass is 10.0. The molecule has 1 aromatic rings. The van der Waals surface area contributed by atoms with Crippen LogP contribution in [0.25, 0.3) is 0 Å². The molecule has 2 N–H and O–H groups in total. The van der Waals surface area contributed by atoms with Crippen LogP contribution in [0.4, 0.5) is 11.9 Å². The number of aromatic nitrogens is 3. The van der Waals surface area contributed by atoms with E-state index in [1.807, 2.05) is 25.8 Å². The van der Waals surface area contributed by atoms with Crippen molar-refractivity contribution in [1.82, 2.24) is 15.0 Å². The molecule has 0 bridgehead atoms. The van der Waals surface area contributed by atoms with Gasteiger partial charge in [0.15, 0.2) is 0 Å². The van der Waals surface area contributed by atoms with E-state index in [2.05, 4.69) is 15.0 Å². The van der Waals surface area contributed by atoms with Gasteiger partial charge in [0.25, 0.3) is 0 Å². The van der Waals surface area contributed by atoms with E-state index in [1.54, 1.807) is 0 Å². The van der Waals surface area contributed by atoms with Crippen LogP contribution in [0.15, 0.2) is 0 Å². The molecular formula is C13H23N5O2. The second kappa shape index (κ2) is 6.69. The van der Waals surface area contributed by atoms with Crippen LogP contribution in [0, 0.1) is 5.92 Å². The van der Waals surface area contributed by atoms with Crippen LogP contribution < -0.4 is 15.4 Å². The molecular weight excluding hydrogens is 258 g/mol. The minimum atomic E-state index is 0.00505. The predicted molar refractivity (Wildman–Crippen MR) is 76.8 cm³/mol. The van der Waals surface area contributed by atoms with E-state index in [0.29, 0.717) is 11.9 Å². The number of anilines is 2. The minimum Gasteiger partial charge on any atom is -0.461 e. The van der Waals surface area contributed by atoms with E-state index >= 15 is 0 Å². The summed E-state index contributed by atoms with van der Waals surface area (Å²) in [4.78, 5) is 14.5. The Morgan fingerprint density at radius 2 is 2.00 bits per heavy atom. The van der Waals surface area contributed by atoms with Crippen LogP contribution in [0.5, 0.6) is 6.01 Å². The average Bonchev–Trinajstić information content (AvgIpc) is 2.38. The number of ether oxygens (including phenoxy) is 2. The molecule has 112 valence electrons. The van der Waals surface area contributed by atoms with Crippen LogP contribution in [-0.4, -0.2) is 47.9 Å². The molecule has 7 heteroatoms. The zero-order valence-electron chi connectivity index (χ0n) is 12.4. The van der Waals surface area contributed by atoms with Crippen molar-refractivity contribution in [1.29, 1.82) is 0 Å². The fourth-order valence-electron chi connectivity index (χ4n) is 2.19. The zero-order valence-corrected chi connectivity index (χ0v) is 12.4. The minimum absolute atomic E-state index is 0.00505. The molecule has 0 spiro atoms. The fourth-order valence-corrected chi connectivity index (χ4v) is 2.19. The second-order valence-corrected chi connectivity index (χ2v) is 5.38. The van der Waals surface area contributed by atoms with Gasteiger partial charge in [-0.15, -0.1) is 0 Å². The molecule has 2 heterocycles. The lowest BCUT2D eigenvalue weighted by Crippen LogP contribution is -2.31. The van der Waals surface area contributed by atoms with Crippen molar-refractivity contribution in [3.8, 4) is 6.01 Å². The topological polar surface area (TPSA) is 86.4 Å². The quantitative estimate of drug-likeness (QED) is 0.864. The van der Waals surface area contributed by atoms with Gasteiger partial charge >= 0.3 is 6.01 Å².